The number of amides is 1. The van der Waals surface area contributed by atoms with Crippen molar-refractivity contribution in [3.05, 3.63) is 0 Å². The number of nitrogens with one attached hydrogen (secondary N) is 1. The smallest absolute Gasteiger partial charge is 0.243 e. The van der Waals surface area contributed by atoms with Gasteiger partial charge in [-0.2, -0.15) is 0 Å². The molecule has 1 aliphatic rings. The van der Waals surface area contributed by atoms with Crippen LogP contribution in [0.4, 0.5) is 0 Å². The van der Waals surface area contributed by atoms with Gasteiger partial charge in [0.25, 0.3) is 0 Å². The van der Waals surface area contributed by atoms with Gasteiger partial charge in [0.2, 0.25) is 5.91 Å². The molecule has 0 saturated heterocycles. The zero-order valence-electron chi connectivity index (χ0n) is 12.7. The number of ether oxygens (including phenoxy) is 1. The van der Waals surface area contributed by atoms with Crippen LogP contribution in [0.5, 0.6) is 0 Å². The van der Waals surface area contributed by atoms with Crippen LogP contribution in [-0.2, 0) is 9.53 Å². The van der Waals surface area contributed by atoms with E-state index < -0.39 is 5.91 Å². The van der Waals surface area contributed by atoms with Crippen LogP contribution < -0.4 is 11.1 Å². The summed E-state index contributed by atoms with van der Waals surface area (Å²) >= 11 is 0. The van der Waals surface area contributed by atoms with E-state index in [0.717, 1.165) is 24.9 Å². The minimum absolute atomic E-state index is 0.0262. The molecule has 1 aliphatic carbocycles. The molecule has 0 aromatic heterocycles. The van der Waals surface area contributed by atoms with Crippen molar-refractivity contribution < 1.29 is 9.53 Å². The van der Waals surface area contributed by atoms with Gasteiger partial charge < -0.3 is 15.8 Å². The summed E-state index contributed by atoms with van der Waals surface area (Å²) in [7, 11) is 0. The molecule has 0 aromatic rings. The molecule has 1 amide bonds. The summed E-state index contributed by atoms with van der Waals surface area (Å²) in [5, 5.41) is 3.41. The molecule has 0 aromatic carbocycles. The van der Waals surface area contributed by atoms with Crippen LogP contribution in [0.2, 0.25) is 0 Å². The van der Waals surface area contributed by atoms with E-state index in [1.807, 2.05) is 0 Å². The van der Waals surface area contributed by atoms with Gasteiger partial charge >= 0.3 is 0 Å². The fourth-order valence-electron chi connectivity index (χ4n) is 2.86. The van der Waals surface area contributed by atoms with E-state index in [9.17, 15) is 4.79 Å². The van der Waals surface area contributed by atoms with Gasteiger partial charge in [-0.15, -0.1) is 0 Å². The van der Waals surface area contributed by atoms with Gasteiger partial charge in [0.15, 0.2) is 0 Å². The molecule has 1 saturated carbocycles. The van der Waals surface area contributed by atoms with E-state index in [1.165, 1.54) is 25.7 Å². The Balaban J connectivity index is 2.02. The Morgan fingerprint density at radius 3 is 2.42 bits per heavy atom. The molecule has 1 fully saturated rings. The van der Waals surface area contributed by atoms with Crippen molar-refractivity contribution in [2.45, 2.75) is 46.5 Å². The van der Waals surface area contributed by atoms with Crippen LogP contribution in [0.1, 0.15) is 46.5 Å². The predicted molar refractivity (Wildman–Crippen MR) is 77.8 cm³/mol. The maximum absolute atomic E-state index is 10.5. The van der Waals surface area contributed by atoms with Crippen molar-refractivity contribution in [3.63, 3.8) is 0 Å². The molecule has 0 radical (unpaired) electrons. The quantitative estimate of drug-likeness (QED) is 0.695. The molecule has 112 valence electrons. The zero-order valence-corrected chi connectivity index (χ0v) is 12.7. The second-order valence-corrected chi connectivity index (χ2v) is 6.81. The largest absolute Gasteiger partial charge is 0.370 e. The molecule has 19 heavy (non-hydrogen) atoms. The third kappa shape index (κ3) is 6.92. The average Bonchev–Trinajstić information content (AvgIpc) is 2.32. The fourth-order valence-corrected chi connectivity index (χ4v) is 2.86. The second kappa shape index (κ2) is 7.85. The number of primary amides is 1. The summed E-state index contributed by atoms with van der Waals surface area (Å²) in [5.41, 5.74) is 5.45. The average molecular weight is 270 g/mol. The first-order chi connectivity index (χ1) is 8.89. The highest BCUT2D eigenvalue weighted by Crippen LogP contribution is 2.39. The van der Waals surface area contributed by atoms with Crippen molar-refractivity contribution in [2.75, 3.05) is 26.3 Å². The van der Waals surface area contributed by atoms with E-state index >= 15 is 0 Å². The van der Waals surface area contributed by atoms with Gasteiger partial charge in [-0.25, -0.2) is 0 Å². The predicted octanol–water partition coefficient (Wildman–Crippen LogP) is 1.93. The summed E-state index contributed by atoms with van der Waals surface area (Å²) in [6.45, 7) is 9.51. The Hall–Kier alpha value is -0.610. The Bertz CT molecular complexity index is 266. The van der Waals surface area contributed by atoms with Crippen LogP contribution in [0.25, 0.3) is 0 Å². The lowest BCUT2D eigenvalue weighted by Gasteiger charge is -2.37. The van der Waals surface area contributed by atoms with Crippen molar-refractivity contribution in [1.29, 1.82) is 0 Å². The molecule has 0 bridgehead atoms. The maximum atomic E-state index is 10.5. The highest BCUT2D eigenvalue weighted by molar-refractivity contribution is 5.74. The van der Waals surface area contributed by atoms with Crippen LogP contribution >= 0.6 is 0 Å². The molecule has 0 aliphatic heterocycles. The van der Waals surface area contributed by atoms with Gasteiger partial charge in [0.1, 0.15) is 6.61 Å². The SMILES string of the molecule is CC(C)(C)C1CCC(CNCCOCC(N)=O)CC1. The van der Waals surface area contributed by atoms with Gasteiger partial charge in [-0.05, 0) is 49.5 Å². The lowest BCUT2D eigenvalue weighted by atomic mass is 9.70. The number of hydrogen-bond donors (Lipinski definition) is 2. The van der Waals surface area contributed by atoms with Gasteiger partial charge in [-0.1, -0.05) is 20.8 Å². The van der Waals surface area contributed by atoms with Crippen molar-refractivity contribution >= 4 is 5.91 Å². The van der Waals surface area contributed by atoms with E-state index in [2.05, 4.69) is 26.1 Å². The normalized spacial score (nSPS) is 24.4. The van der Waals surface area contributed by atoms with Crippen molar-refractivity contribution in [1.82, 2.24) is 5.32 Å². The summed E-state index contributed by atoms with van der Waals surface area (Å²) < 4.78 is 5.11. The van der Waals surface area contributed by atoms with Crippen LogP contribution in [0.15, 0.2) is 0 Å². The first-order valence-corrected chi connectivity index (χ1v) is 7.46. The van der Waals surface area contributed by atoms with E-state index in [0.29, 0.717) is 12.0 Å². The van der Waals surface area contributed by atoms with Crippen molar-refractivity contribution in [2.24, 2.45) is 23.0 Å². The molecule has 3 N–H and O–H groups in total. The lowest BCUT2D eigenvalue weighted by Crippen LogP contribution is -2.32. The molecular weight excluding hydrogens is 240 g/mol. The molecule has 1 rings (SSSR count). The van der Waals surface area contributed by atoms with Gasteiger partial charge in [0, 0.05) is 6.54 Å². The second-order valence-electron chi connectivity index (χ2n) is 6.81. The van der Waals surface area contributed by atoms with Crippen LogP contribution in [0, 0.1) is 17.3 Å². The Morgan fingerprint density at radius 2 is 1.89 bits per heavy atom. The van der Waals surface area contributed by atoms with E-state index in [1.54, 1.807) is 0 Å². The Labute approximate surface area is 117 Å². The fraction of sp³-hybridized carbons (Fsp3) is 0.933. The van der Waals surface area contributed by atoms with Gasteiger partial charge in [0.05, 0.1) is 6.61 Å². The minimum Gasteiger partial charge on any atom is -0.370 e. The molecule has 0 atom stereocenters. The third-order valence-corrected chi connectivity index (χ3v) is 4.17. The maximum Gasteiger partial charge on any atom is 0.243 e. The third-order valence-electron chi connectivity index (χ3n) is 4.17. The monoisotopic (exact) mass is 270 g/mol. The van der Waals surface area contributed by atoms with Crippen LogP contribution in [-0.4, -0.2) is 32.2 Å². The lowest BCUT2D eigenvalue weighted by molar-refractivity contribution is -0.122. The Morgan fingerprint density at radius 1 is 1.26 bits per heavy atom. The molecule has 0 unspecified atom stereocenters. The van der Waals surface area contributed by atoms with Gasteiger partial charge in [-0.3, -0.25) is 4.79 Å². The number of hydrogen-bond acceptors (Lipinski definition) is 3. The standard InChI is InChI=1S/C15H30N2O2/c1-15(2,3)13-6-4-12(5-7-13)10-17-8-9-19-11-14(16)18/h12-13,17H,4-11H2,1-3H3,(H2,16,18). The zero-order chi connectivity index (χ0) is 14.3. The minimum atomic E-state index is -0.402. The number of carbonyl (C=O) groups excluding carboxylic acids is 1. The number of nitrogens with two attached hydrogens (primary N) is 1. The summed E-state index contributed by atoms with van der Waals surface area (Å²) in [6.07, 6.45) is 5.37. The topological polar surface area (TPSA) is 64.3 Å². The molecule has 0 heterocycles. The molecule has 4 nitrogen and oxygen atoms in total. The molecule has 0 spiro atoms. The number of carbonyl (C=O) groups is 1. The Kier molecular flexibility index (Phi) is 6.80. The molecule has 4 heteroatoms. The highest BCUT2D eigenvalue weighted by Gasteiger charge is 2.29. The van der Waals surface area contributed by atoms with Crippen molar-refractivity contribution in [3.8, 4) is 0 Å². The first-order valence-electron chi connectivity index (χ1n) is 7.46. The van der Waals surface area contributed by atoms with E-state index in [4.69, 9.17) is 10.5 Å². The summed E-state index contributed by atoms with van der Waals surface area (Å²) in [5.74, 6) is 1.28. The first kappa shape index (κ1) is 16.4. The van der Waals surface area contributed by atoms with Crippen LogP contribution in [0.3, 0.4) is 0 Å². The summed E-state index contributed by atoms with van der Waals surface area (Å²) in [6, 6.07) is 0. The molecular formula is C15H30N2O2. The van der Waals surface area contributed by atoms with E-state index in [-0.39, 0.29) is 6.61 Å². The highest BCUT2D eigenvalue weighted by atomic mass is 16.5. The summed E-state index contributed by atoms with van der Waals surface area (Å²) in [4.78, 5) is 10.5. The number of rotatable bonds is 7.